The Labute approximate surface area is 140 Å². The van der Waals surface area contributed by atoms with Gasteiger partial charge in [0.25, 0.3) is 0 Å². The van der Waals surface area contributed by atoms with Gasteiger partial charge in [-0.2, -0.15) is 0 Å². The maximum absolute atomic E-state index is 12.7. The molecule has 130 valence electrons. The Bertz CT molecular complexity index is 632. The van der Waals surface area contributed by atoms with Crippen molar-refractivity contribution in [3.05, 3.63) is 35.9 Å². The van der Waals surface area contributed by atoms with Gasteiger partial charge in [-0.25, -0.2) is 4.79 Å². The lowest BCUT2D eigenvalue weighted by molar-refractivity contribution is -0.162. The molecule has 1 aliphatic heterocycles. The lowest BCUT2D eigenvalue weighted by Crippen LogP contribution is -2.64. The summed E-state index contributed by atoms with van der Waals surface area (Å²) in [5.74, 6) is -2.54. The average Bonchev–Trinajstić information content (AvgIpc) is 3.00. The molecule has 0 radical (unpaired) electrons. The minimum absolute atomic E-state index is 0.0620. The third kappa shape index (κ3) is 3.18. The Hall–Kier alpha value is -2.25. The second-order valence-electron chi connectivity index (χ2n) is 6.21. The zero-order valence-corrected chi connectivity index (χ0v) is 13.6. The largest absolute Gasteiger partial charge is 0.479 e. The number of aliphatic carboxylic acids is 1. The van der Waals surface area contributed by atoms with Crippen LogP contribution in [0.3, 0.4) is 0 Å². The molecule has 5 N–H and O–H groups in total. The number of carbonyl (C=O) groups excluding carboxylic acids is 2. The minimum atomic E-state index is -1.90. The van der Waals surface area contributed by atoms with Crippen molar-refractivity contribution in [2.75, 3.05) is 6.54 Å². The smallest absolute Gasteiger partial charge is 0.337 e. The van der Waals surface area contributed by atoms with Gasteiger partial charge in [0.05, 0.1) is 12.1 Å². The first-order chi connectivity index (χ1) is 11.3. The molecule has 1 aromatic carbocycles. The number of carbonyl (C=O) groups is 3. The molecule has 2 rings (SSSR count). The minimum Gasteiger partial charge on any atom is -0.479 e. The summed E-state index contributed by atoms with van der Waals surface area (Å²) in [6, 6.07) is 7.33. The van der Waals surface area contributed by atoms with Crippen molar-refractivity contribution in [1.82, 2.24) is 4.90 Å². The molecule has 1 aliphatic rings. The van der Waals surface area contributed by atoms with Gasteiger partial charge < -0.3 is 21.5 Å². The van der Waals surface area contributed by atoms with E-state index in [0.29, 0.717) is 6.42 Å². The summed E-state index contributed by atoms with van der Waals surface area (Å²) < 4.78 is 0. The van der Waals surface area contributed by atoms with Crippen molar-refractivity contribution in [3.8, 4) is 0 Å². The number of nitrogens with two attached hydrogens (primary N) is 2. The third-order valence-electron chi connectivity index (χ3n) is 4.44. The van der Waals surface area contributed by atoms with Crippen molar-refractivity contribution in [2.45, 2.75) is 43.8 Å². The lowest BCUT2D eigenvalue weighted by Gasteiger charge is -2.35. The quantitative estimate of drug-likeness (QED) is 0.625. The molecule has 0 saturated carbocycles. The van der Waals surface area contributed by atoms with Gasteiger partial charge in [-0.05, 0) is 31.7 Å². The molecule has 1 aromatic rings. The van der Waals surface area contributed by atoms with Crippen molar-refractivity contribution < 1.29 is 19.5 Å². The fourth-order valence-electron chi connectivity index (χ4n) is 3.23. The van der Waals surface area contributed by atoms with Gasteiger partial charge >= 0.3 is 5.97 Å². The monoisotopic (exact) mass is 333 g/mol. The topological polar surface area (TPSA) is 127 Å². The van der Waals surface area contributed by atoms with Crippen LogP contribution in [0, 0.1) is 0 Å². The molecule has 0 aliphatic carbocycles. The summed E-state index contributed by atoms with van der Waals surface area (Å²) in [6.07, 6.45) is 0.763. The first kappa shape index (κ1) is 18.1. The van der Waals surface area contributed by atoms with Crippen LogP contribution in [0.4, 0.5) is 0 Å². The van der Waals surface area contributed by atoms with Crippen LogP contribution in [0.15, 0.2) is 30.3 Å². The van der Waals surface area contributed by atoms with Crippen LogP contribution >= 0.6 is 0 Å². The zero-order chi connectivity index (χ0) is 17.9. The van der Waals surface area contributed by atoms with E-state index in [1.54, 1.807) is 0 Å². The van der Waals surface area contributed by atoms with E-state index in [4.69, 9.17) is 11.5 Å². The summed E-state index contributed by atoms with van der Waals surface area (Å²) in [4.78, 5) is 38.2. The van der Waals surface area contributed by atoms with Crippen molar-refractivity contribution in [1.29, 1.82) is 0 Å². The van der Waals surface area contributed by atoms with Gasteiger partial charge in [-0.1, -0.05) is 30.3 Å². The molecule has 3 unspecified atom stereocenters. The highest BCUT2D eigenvalue weighted by atomic mass is 16.4. The van der Waals surface area contributed by atoms with Gasteiger partial charge in [-0.15, -0.1) is 0 Å². The number of likely N-dealkylation sites (tertiary alicyclic amines) is 1. The predicted octanol–water partition coefficient (Wildman–Crippen LogP) is -0.0815. The number of carboxylic acids is 1. The maximum Gasteiger partial charge on any atom is 0.337 e. The van der Waals surface area contributed by atoms with E-state index in [9.17, 15) is 19.5 Å². The Morgan fingerprint density at radius 1 is 1.25 bits per heavy atom. The Kier molecular flexibility index (Phi) is 5.36. The molecule has 7 nitrogen and oxygen atoms in total. The summed E-state index contributed by atoms with van der Waals surface area (Å²) >= 11 is 0. The molecule has 0 spiro atoms. The first-order valence-electron chi connectivity index (χ1n) is 7.95. The van der Waals surface area contributed by atoms with Crippen LogP contribution in [-0.2, 0) is 20.8 Å². The van der Waals surface area contributed by atoms with Crippen molar-refractivity contribution in [2.24, 2.45) is 11.5 Å². The third-order valence-corrected chi connectivity index (χ3v) is 4.44. The molecule has 3 atom stereocenters. The lowest BCUT2D eigenvalue weighted by atomic mass is 9.86. The van der Waals surface area contributed by atoms with Crippen molar-refractivity contribution >= 4 is 17.7 Å². The highest BCUT2D eigenvalue weighted by Gasteiger charge is 2.56. The normalized spacial score (nSPS) is 22.9. The van der Waals surface area contributed by atoms with Crippen LogP contribution < -0.4 is 11.5 Å². The molecule has 24 heavy (non-hydrogen) atoms. The summed E-state index contributed by atoms with van der Waals surface area (Å²) in [5, 5.41) is 9.66. The fraction of sp³-hybridized carbons (Fsp3) is 0.471. The number of ketones is 1. The van der Waals surface area contributed by atoms with Gasteiger partial charge in [0.1, 0.15) is 0 Å². The number of rotatable bonds is 6. The number of benzene rings is 1. The predicted molar refractivity (Wildman–Crippen MR) is 88.1 cm³/mol. The molecular formula is C17H23N3O4. The Balaban J connectivity index is 2.26. The van der Waals surface area contributed by atoms with E-state index in [1.165, 1.54) is 6.92 Å². The highest BCUT2D eigenvalue weighted by Crippen LogP contribution is 2.32. The second kappa shape index (κ2) is 7.11. The van der Waals surface area contributed by atoms with E-state index >= 15 is 0 Å². The van der Waals surface area contributed by atoms with E-state index in [2.05, 4.69) is 0 Å². The first-order valence-corrected chi connectivity index (χ1v) is 7.95. The van der Waals surface area contributed by atoms with Gasteiger partial charge in [-0.3, -0.25) is 9.59 Å². The van der Waals surface area contributed by atoms with E-state index in [1.807, 2.05) is 30.3 Å². The molecule has 0 bridgehead atoms. The number of amides is 1. The number of carboxylic acid groups (broad SMARTS) is 1. The van der Waals surface area contributed by atoms with Crippen LogP contribution in [0.5, 0.6) is 0 Å². The van der Waals surface area contributed by atoms with Gasteiger partial charge in [0.15, 0.2) is 5.78 Å². The summed E-state index contributed by atoms with van der Waals surface area (Å²) in [7, 11) is 0. The molecular weight excluding hydrogens is 310 g/mol. The van der Waals surface area contributed by atoms with Crippen LogP contribution in [-0.4, -0.2) is 51.8 Å². The molecule has 1 fully saturated rings. The van der Waals surface area contributed by atoms with E-state index in [0.717, 1.165) is 10.5 Å². The zero-order valence-electron chi connectivity index (χ0n) is 13.6. The van der Waals surface area contributed by atoms with Crippen LogP contribution in [0.1, 0.15) is 25.3 Å². The number of hydrogen-bond acceptors (Lipinski definition) is 5. The number of hydrogen-bond donors (Lipinski definition) is 3. The molecule has 0 aromatic heterocycles. The summed E-state index contributed by atoms with van der Waals surface area (Å²) in [6.45, 7) is 1.62. The SMILES string of the molecule is CC(N)C(=O)C1(C(=O)O)CCCN1C(=O)C(N)Cc1ccccc1. The van der Waals surface area contributed by atoms with Gasteiger partial charge in [0.2, 0.25) is 11.4 Å². The van der Waals surface area contributed by atoms with E-state index in [-0.39, 0.29) is 19.4 Å². The van der Waals surface area contributed by atoms with E-state index < -0.39 is 35.3 Å². The molecule has 1 heterocycles. The second-order valence-corrected chi connectivity index (χ2v) is 6.21. The van der Waals surface area contributed by atoms with Crippen LogP contribution in [0.2, 0.25) is 0 Å². The maximum atomic E-state index is 12.7. The highest BCUT2D eigenvalue weighted by molar-refractivity contribution is 6.12. The molecule has 1 amide bonds. The molecule has 7 heteroatoms. The average molecular weight is 333 g/mol. The van der Waals surface area contributed by atoms with Crippen molar-refractivity contribution in [3.63, 3.8) is 0 Å². The summed E-state index contributed by atoms with van der Waals surface area (Å²) in [5.41, 5.74) is 10.6. The fourth-order valence-corrected chi connectivity index (χ4v) is 3.23. The Morgan fingerprint density at radius 3 is 2.42 bits per heavy atom. The van der Waals surface area contributed by atoms with Gasteiger partial charge in [0, 0.05) is 6.54 Å². The number of nitrogens with zero attached hydrogens (tertiary/aromatic N) is 1. The molecule has 1 saturated heterocycles. The van der Waals surface area contributed by atoms with Crippen LogP contribution in [0.25, 0.3) is 0 Å². The standard InChI is InChI=1S/C17H23N3O4/c1-11(18)14(21)17(16(23)24)8-5-9-20(17)15(22)13(19)10-12-6-3-2-4-7-12/h2-4,6-7,11,13H,5,8-10,18-19H2,1H3,(H,23,24). The number of Topliss-reactive ketones (excluding diaryl/α,β-unsaturated/α-hetero) is 1. The Morgan fingerprint density at radius 2 is 1.88 bits per heavy atom.